The molecule has 1 aromatic rings. The number of carbonyl (C=O) groups excluding carboxylic acids is 3. The molecule has 1 aromatic heterocycles. The van der Waals surface area contributed by atoms with Gasteiger partial charge in [0.05, 0.1) is 23.4 Å². The molecule has 4 saturated carbocycles. The van der Waals surface area contributed by atoms with E-state index in [0.717, 1.165) is 11.8 Å². The summed E-state index contributed by atoms with van der Waals surface area (Å²) in [4.78, 5) is 50.1. The lowest BCUT2D eigenvalue weighted by atomic mass is 9.41. The molecule has 5 rings (SSSR count). The van der Waals surface area contributed by atoms with Crippen LogP contribution in [0, 0.1) is 22.7 Å². The first-order chi connectivity index (χ1) is 20.6. The zero-order chi connectivity index (χ0) is 32.2. The van der Waals surface area contributed by atoms with Crippen molar-refractivity contribution < 1.29 is 53.8 Å². The van der Waals surface area contributed by atoms with Crippen LogP contribution in [-0.4, -0.2) is 85.5 Å². The van der Waals surface area contributed by atoms with E-state index in [1.807, 2.05) is 0 Å². The van der Waals surface area contributed by atoms with Crippen LogP contribution in [0.2, 0.25) is 0 Å². The Morgan fingerprint density at radius 2 is 1.70 bits per heavy atom. The molecule has 0 radical (unpaired) electrons. The molecule has 0 saturated heterocycles. The van der Waals surface area contributed by atoms with E-state index in [1.165, 1.54) is 26.2 Å². The van der Waals surface area contributed by atoms with Crippen molar-refractivity contribution in [2.24, 2.45) is 22.7 Å². The Bertz CT molecular complexity index is 1310. The van der Waals surface area contributed by atoms with Crippen LogP contribution in [0.15, 0.2) is 27.6 Å². The zero-order valence-electron chi connectivity index (χ0n) is 25.4. The highest BCUT2D eigenvalue weighted by molar-refractivity contribution is 5.75. The van der Waals surface area contributed by atoms with E-state index in [4.69, 9.17) is 13.9 Å². The van der Waals surface area contributed by atoms with E-state index < -0.39 is 70.1 Å². The maximum absolute atomic E-state index is 13.3. The lowest BCUT2D eigenvalue weighted by molar-refractivity contribution is -0.256. The van der Waals surface area contributed by atoms with Crippen LogP contribution >= 0.6 is 0 Å². The second-order valence-electron chi connectivity index (χ2n) is 13.8. The molecule has 1 heterocycles. The Kier molecular flexibility index (Phi) is 8.65. The van der Waals surface area contributed by atoms with Gasteiger partial charge in [0.25, 0.3) is 0 Å². The molecule has 4 aliphatic carbocycles. The molecule has 5 N–H and O–H groups in total. The molecule has 12 atom stereocenters. The number of aldehydes is 1. The van der Waals surface area contributed by atoms with Gasteiger partial charge in [-0.2, -0.15) is 0 Å². The zero-order valence-corrected chi connectivity index (χ0v) is 25.4. The Morgan fingerprint density at radius 3 is 2.32 bits per heavy atom. The summed E-state index contributed by atoms with van der Waals surface area (Å²) in [5.74, 6) is -2.43. The van der Waals surface area contributed by atoms with Crippen molar-refractivity contribution in [1.29, 1.82) is 0 Å². The second kappa shape index (κ2) is 11.6. The van der Waals surface area contributed by atoms with Gasteiger partial charge in [0, 0.05) is 24.8 Å². The van der Waals surface area contributed by atoms with Crippen LogP contribution in [0.5, 0.6) is 0 Å². The summed E-state index contributed by atoms with van der Waals surface area (Å²) in [5.41, 5.74) is -3.73. The first-order valence-corrected chi connectivity index (χ1v) is 15.5. The highest BCUT2D eigenvalue weighted by atomic mass is 16.6. The molecule has 0 aliphatic heterocycles. The number of aliphatic hydroxyl groups is 5. The molecule has 44 heavy (non-hydrogen) atoms. The standard InChI is InChI=1S/C32H44O12/c1-17(34)25(37)26(38)27(39)28(40)43-20-6-11-30(16-33)22-7-10-29(3)21(19-4-5-24(36)42-15-19)9-13-32(29,41)23(22)8-12-31(30,14-20)44-18(2)35/h4-5,15-17,20-23,25-27,34,37-39,41H,6-14H2,1-3H3/t17-,20?,21+,22-,23+,25-,26+,27+,29+,30-,31?,32-/m0/s1. The third kappa shape index (κ3) is 4.93. The number of ether oxygens (including phenoxy) is 2. The number of hydrogen-bond acceptors (Lipinski definition) is 12. The second-order valence-corrected chi connectivity index (χ2v) is 13.8. The van der Waals surface area contributed by atoms with E-state index in [2.05, 4.69) is 6.92 Å². The van der Waals surface area contributed by atoms with Crippen molar-refractivity contribution in [2.75, 3.05) is 0 Å². The van der Waals surface area contributed by atoms with Gasteiger partial charge in [-0.25, -0.2) is 9.59 Å². The molecule has 4 fully saturated rings. The van der Waals surface area contributed by atoms with Crippen LogP contribution < -0.4 is 5.63 Å². The molecule has 12 nitrogen and oxygen atoms in total. The van der Waals surface area contributed by atoms with Crippen LogP contribution in [0.25, 0.3) is 0 Å². The predicted octanol–water partition coefficient (Wildman–Crippen LogP) is 1.12. The average Bonchev–Trinajstić information content (AvgIpc) is 3.26. The van der Waals surface area contributed by atoms with Gasteiger partial charge in [-0.15, -0.1) is 0 Å². The van der Waals surface area contributed by atoms with Crippen molar-refractivity contribution in [3.8, 4) is 0 Å². The number of rotatable bonds is 8. The fourth-order valence-corrected chi connectivity index (χ4v) is 9.61. The highest BCUT2D eigenvalue weighted by Crippen LogP contribution is 2.71. The molecule has 12 heteroatoms. The summed E-state index contributed by atoms with van der Waals surface area (Å²) in [7, 11) is 0. The Balaban J connectivity index is 1.42. The SMILES string of the molecule is CC(=O)OC12CC[C@@H]3[C@H](CC[C@]4(C)[C@@H](c5ccc(=O)oc5)CC[C@]34O)[C@@]1(C=O)CCC(OC(=O)[C@H](O)[C@H](O)[C@@H](O)[C@H](C)O)C2. The molecular weight excluding hydrogens is 576 g/mol. The van der Waals surface area contributed by atoms with E-state index in [0.29, 0.717) is 32.1 Å². The summed E-state index contributed by atoms with van der Waals surface area (Å²) in [6.07, 6.45) is -2.36. The summed E-state index contributed by atoms with van der Waals surface area (Å²) >= 11 is 0. The van der Waals surface area contributed by atoms with Crippen molar-refractivity contribution >= 4 is 18.2 Å². The van der Waals surface area contributed by atoms with E-state index >= 15 is 0 Å². The van der Waals surface area contributed by atoms with Crippen molar-refractivity contribution in [2.45, 2.75) is 126 Å². The topological polar surface area (TPSA) is 201 Å². The van der Waals surface area contributed by atoms with E-state index in [1.54, 1.807) is 6.07 Å². The van der Waals surface area contributed by atoms with Crippen molar-refractivity contribution in [1.82, 2.24) is 0 Å². The molecule has 0 aromatic carbocycles. The first kappa shape index (κ1) is 32.7. The monoisotopic (exact) mass is 620 g/mol. The molecule has 2 unspecified atom stereocenters. The summed E-state index contributed by atoms with van der Waals surface area (Å²) < 4.78 is 16.7. The van der Waals surface area contributed by atoms with Gasteiger partial charge >= 0.3 is 17.6 Å². The Morgan fingerprint density at radius 1 is 1.00 bits per heavy atom. The number of fused-ring (bicyclic) bond motifs is 5. The molecule has 0 spiro atoms. The summed E-state index contributed by atoms with van der Waals surface area (Å²) in [6.45, 7) is 4.52. The largest absolute Gasteiger partial charge is 0.460 e. The van der Waals surface area contributed by atoms with Crippen LogP contribution in [0.3, 0.4) is 0 Å². The minimum absolute atomic E-state index is 0.0105. The van der Waals surface area contributed by atoms with Gasteiger partial charge in [0.2, 0.25) is 0 Å². The smallest absolute Gasteiger partial charge is 0.338 e. The summed E-state index contributed by atoms with van der Waals surface area (Å²) in [6, 6.07) is 3.14. The maximum Gasteiger partial charge on any atom is 0.338 e. The Labute approximate surface area is 255 Å². The van der Waals surface area contributed by atoms with Gasteiger partial charge in [-0.3, -0.25) is 4.79 Å². The van der Waals surface area contributed by atoms with E-state index in [9.17, 15) is 44.7 Å². The number of hydrogen-bond donors (Lipinski definition) is 5. The normalized spacial score (nSPS) is 40.7. The minimum Gasteiger partial charge on any atom is -0.460 e. The predicted molar refractivity (Wildman–Crippen MR) is 152 cm³/mol. The third-order valence-corrected chi connectivity index (χ3v) is 11.8. The molecule has 244 valence electrons. The summed E-state index contributed by atoms with van der Waals surface area (Å²) in [5, 5.41) is 52.3. The quantitative estimate of drug-likeness (QED) is 0.205. The van der Waals surface area contributed by atoms with Crippen LogP contribution in [0.4, 0.5) is 0 Å². The molecule has 4 aliphatic rings. The van der Waals surface area contributed by atoms with E-state index in [-0.39, 0.29) is 43.4 Å². The van der Waals surface area contributed by atoms with Gasteiger partial charge in [0.1, 0.15) is 30.2 Å². The van der Waals surface area contributed by atoms with Gasteiger partial charge in [0.15, 0.2) is 6.10 Å². The van der Waals surface area contributed by atoms with Gasteiger partial charge in [-0.1, -0.05) is 6.92 Å². The number of carbonyl (C=O) groups is 3. The third-order valence-electron chi connectivity index (χ3n) is 11.8. The van der Waals surface area contributed by atoms with Crippen molar-refractivity contribution in [3.63, 3.8) is 0 Å². The molecule has 0 amide bonds. The lowest BCUT2D eigenvalue weighted by Crippen LogP contribution is -2.69. The number of esters is 2. The first-order valence-electron chi connectivity index (χ1n) is 15.5. The van der Waals surface area contributed by atoms with Crippen LogP contribution in [0.1, 0.15) is 90.0 Å². The minimum atomic E-state index is -2.13. The fraction of sp³-hybridized carbons (Fsp3) is 0.750. The molecule has 0 bridgehead atoms. The van der Waals surface area contributed by atoms with Crippen molar-refractivity contribution in [3.05, 3.63) is 34.4 Å². The number of aliphatic hydroxyl groups excluding tert-OH is 4. The fourth-order valence-electron chi connectivity index (χ4n) is 9.61. The average molecular weight is 621 g/mol. The lowest BCUT2D eigenvalue weighted by Gasteiger charge is -2.65. The highest BCUT2D eigenvalue weighted by Gasteiger charge is 2.72. The van der Waals surface area contributed by atoms with Gasteiger partial charge in [-0.05, 0) is 87.7 Å². The maximum atomic E-state index is 13.3. The molecular formula is C32H44O12. The van der Waals surface area contributed by atoms with Crippen LogP contribution in [-0.2, 0) is 23.9 Å². The van der Waals surface area contributed by atoms with Gasteiger partial charge < -0.3 is 44.2 Å². The Hall–Kier alpha value is -2.64.